The molecule has 0 radical (unpaired) electrons. The second kappa shape index (κ2) is 3.69. The maximum atomic E-state index is 10.7. The van der Waals surface area contributed by atoms with Gasteiger partial charge in [-0.05, 0) is 30.0 Å². The number of carboxylic acids is 1. The Labute approximate surface area is 87.4 Å². The highest BCUT2D eigenvalue weighted by atomic mass is 16.4. The van der Waals surface area contributed by atoms with Gasteiger partial charge in [-0.1, -0.05) is 11.6 Å². The van der Waals surface area contributed by atoms with Crippen LogP contribution in [-0.2, 0) is 11.2 Å². The van der Waals surface area contributed by atoms with Gasteiger partial charge in [0.05, 0.1) is 6.42 Å². The molecule has 0 bridgehead atoms. The van der Waals surface area contributed by atoms with E-state index in [1.807, 2.05) is 25.1 Å². The molecule has 1 aromatic heterocycles. The number of rotatable bonds is 2. The van der Waals surface area contributed by atoms with Crippen molar-refractivity contribution in [1.29, 1.82) is 0 Å². The lowest BCUT2D eigenvalue weighted by atomic mass is 10.0. The lowest BCUT2D eigenvalue weighted by molar-refractivity contribution is -0.136. The van der Waals surface area contributed by atoms with Gasteiger partial charge in [0.2, 0.25) is 0 Å². The summed E-state index contributed by atoms with van der Waals surface area (Å²) >= 11 is 0. The molecule has 2 rings (SSSR count). The summed E-state index contributed by atoms with van der Waals surface area (Å²) in [6.45, 7) is 1.96. The second-order valence-electron chi connectivity index (χ2n) is 3.59. The molecule has 0 aliphatic rings. The van der Waals surface area contributed by atoms with E-state index in [0.29, 0.717) is 0 Å². The average molecular weight is 201 g/mol. The van der Waals surface area contributed by atoms with E-state index in [-0.39, 0.29) is 6.42 Å². The number of aryl methyl sites for hydroxylation is 1. The van der Waals surface area contributed by atoms with E-state index in [4.69, 9.17) is 5.11 Å². The fourth-order valence-electron chi connectivity index (χ4n) is 1.76. The topological polar surface area (TPSA) is 50.2 Å². The van der Waals surface area contributed by atoms with Crippen LogP contribution >= 0.6 is 0 Å². The van der Waals surface area contributed by atoms with E-state index < -0.39 is 5.97 Å². The Bertz CT molecular complexity index is 520. The Hall–Kier alpha value is -1.90. The lowest BCUT2D eigenvalue weighted by Gasteiger charge is -2.05. The van der Waals surface area contributed by atoms with Crippen LogP contribution in [0, 0.1) is 6.92 Å². The van der Waals surface area contributed by atoms with E-state index >= 15 is 0 Å². The predicted octanol–water partition coefficient (Wildman–Crippen LogP) is 2.17. The van der Waals surface area contributed by atoms with Gasteiger partial charge in [0, 0.05) is 17.8 Å². The van der Waals surface area contributed by atoms with Gasteiger partial charge in [-0.2, -0.15) is 0 Å². The molecule has 2 aromatic rings. The molecule has 1 aromatic carbocycles. The van der Waals surface area contributed by atoms with Crippen LogP contribution in [0.2, 0.25) is 0 Å². The van der Waals surface area contributed by atoms with Crippen molar-refractivity contribution in [1.82, 2.24) is 4.98 Å². The van der Waals surface area contributed by atoms with Crippen LogP contribution in [-0.4, -0.2) is 16.1 Å². The zero-order valence-corrected chi connectivity index (χ0v) is 8.40. The van der Waals surface area contributed by atoms with Crippen LogP contribution in [0.4, 0.5) is 0 Å². The van der Waals surface area contributed by atoms with Crippen molar-refractivity contribution in [3.05, 3.63) is 41.7 Å². The van der Waals surface area contributed by atoms with Gasteiger partial charge in [0.25, 0.3) is 0 Å². The molecule has 0 aliphatic carbocycles. The molecule has 0 saturated carbocycles. The van der Waals surface area contributed by atoms with Gasteiger partial charge in [-0.3, -0.25) is 9.78 Å². The summed E-state index contributed by atoms with van der Waals surface area (Å²) in [5.41, 5.74) is 1.91. The lowest BCUT2D eigenvalue weighted by Crippen LogP contribution is -2.01. The average Bonchev–Trinajstić information content (AvgIpc) is 2.16. The number of carbonyl (C=O) groups is 1. The number of benzene rings is 1. The minimum absolute atomic E-state index is 0.0577. The summed E-state index contributed by atoms with van der Waals surface area (Å²) in [7, 11) is 0. The normalized spacial score (nSPS) is 10.5. The zero-order valence-electron chi connectivity index (χ0n) is 8.40. The summed E-state index contributed by atoms with van der Waals surface area (Å²) in [6, 6.07) is 5.77. The molecule has 1 N–H and O–H groups in total. The third-order valence-corrected chi connectivity index (χ3v) is 2.32. The highest BCUT2D eigenvalue weighted by Gasteiger charge is 2.06. The molecule has 0 saturated heterocycles. The molecule has 0 spiro atoms. The van der Waals surface area contributed by atoms with Crippen molar-refractivity contribution in [3.63, 3.8) is 0 Å². The molecule has 1 heterocycles. The van der Waals surface area contributed by atoms with E-state index in [2.05, 4.69) is 4.98 Å². The molecule has 0 atom stereocenters. The van der Waals surface area contributed by atoms with Crippen LogP contribution in [0.25, 0.3) is 10.8 Å². The van der Waals surface area contributed by atoms with Gasteiger partial charge in [0.1, 0.15) is 0 Å². The summed E-state index contributed by atoms with van der Waals surface area (Å²) in [6.07, 6.45) is 3.50. The van der Waals surface area contributed by atoms with Gasteiger partial charge in [-0.25, -0.2) is 0 Å². The Morgan fingerprint density at radius 1 is 1.47 bits per heavy atom. The number of pyridine rings is 1. The Morgan fingerprint density at radius 2 is 2.27 bits per heavy atom. The number of hydrogen-bond acceptors (Lipinski definition) is 2. The predicted molar refractivity (Wildman–Crippen MR) is 57.8 cm³/mol. The van der Waals surface area contributed by atoms with Crippen LogP contribution < -0.4 is 0 Å². The fraction of sp³-hybridized carbons (Fsp3) is 0.167. The third-order valence-electron chi connectivity index (χ3n) is 2.32. The van der Waals surface area contributed by atoms with Gasteiger partial charge < -0.3 is 5.11 Å². The molecule has 15 heavy (non-hydrogen) atoms. The van der Waals surface area contributed by atoms with Crippen molar-refractivity contribution < 1.29 is 9.90 Å². The fourth-order valence-corrected chi connectivity index (χ4v) is 1.76. The SMILES string of the molecule is Cc1cc(CC(=O)O)c2ccncc2c1. The van der Waals surface area contributed by atoms with E-state index in [1.54, 1.807) is 12.4 Å². The minimum Gasteiger partial charge on any atom is -0.481 e. The van der Waals surface area contributed by atoms with Crippen LogP contribution in [0.15, 0.2) is 30.6 Å². The monoisotopic (exact) mass is 201 g/mol. The zero-order chi connectivity index (χ0) is 10.8. The molecule has 0 unspecified atom stereocenters. The number of hydrogen-bond donors (Lipinski definition) is 1. The van der Waals surface area contributed by atoms with Crippen LogP contribution in [0.3, 0.4) is 0 Å². The maximum Gasteiger partial charge on any atom is 0.307 e. The van der Waals surface area contributed by atoms with Gasteiger partial charge in [0.15, 0.2) is 0 Å². The highest BCUT2D eigenvalue weighted by Crippen LogP contribution is 2.20. The molecule has 76 valence electrons. The minimum atomic E-state index is -0.807. The number of aliphatic carboxylic acids is 1. The maximum absolute atomic E-state index is 10.7. The molecule has 3 nitrogen and oxygen atoms in total. The summed E-state index contributed by atoms with van der Waals surface area (Å²) < 4.78 is 0. The molecular weight excluding hydrogens is 190 g/mol. The van der Waals surface area contributed by atoms with Crippen molar-refractivity contribution in [3.8, 4) is 0 Å². The molecule has 0 amide bonds. The van der Waals surface area contributed by atoms with E-state index in [0.717, 1.165) is 21.9 Å². The summed E-state index contributed by atoms with van der Waals surface area (Å²) in [5, 5.41) is 10.8. The smallest absolute Gasteiger partial charge is 0.307 e. The standard InChI is InChI=1S/C12H11NO2/c1-8-4-9(6-12(14)15)11-2-3-13-7-10(11)5-8/h2-5,7H,6H2,1H3,(H,14,15). The van der Waals surface area contributed by atoms with Crippen molar-refractivity contribution in [2.45, 2.75) is 13.3 Å². The Balaban J connectivity index is 2.65. The first-order chi connectivity index (χ1) is 7.16. The van der Waals surface area contributed by atoms with Crippen molar-refractivity contribution in [2.24, 2.45) is 0 Å². The van der Waals surface area contributed by atoms with Crippen molar-refractivity contribution in [2.75, 3.05) is 0 Å². The van der Waals surface area contributed by atoms with Crippen LogP contribution in [0.1, 0.15) is 11.1 Å². The van der Waals surface area contributed by atoms with Gasteiger partial charge >= 0.3 is 5.97 Å². The first-order valence-corrected chi connectivity index (χ1v) is 4.72. The Kier molecular flexibility index (Phi) is 2.37. The van der Waals surface area contributed by atoms with E-state index in [1.165, 1.54) is 0 Å². The summed E-state index contributed by atoms with van der Waals surface area (Å²) in [5.74, 6) is -0.807. The number of nitrogens with zero attached hydrogens (tertiary/aromatic N) is 1. The first kappa shape index (κ1) is 9.65. The van der Waals surface area contributed by atoms with Gasteiger partial charge in [-0.15, -0.1) is 0 Å². The second-order valence-corrected chi connectivity index (χ2v) is 3.59. The first-order valence-electron chi connectivity index (χ1n) is 4.72. The third kappa shape index (κ3) is 1.96. The Morgan fingerprint density at radius 3 is 3.00 bits per heavy atom. The highest BCUT2D eigenvalue weighted by molar-refractivity contribution is 5.88. The molecule has 0 fully saturated rings. The number of aromatic nitrogens is 1. The molecular formula is C12H11NO2. The van der Waals surface area contributed by atoms with Crippen LogP contribution in [0.5, 0.6) is 0 Å². The van der Waals surface area contributed by atoms with E-state index in [9.17, 15) is 4.79 Å². The number of fused-ring (bicyclic) bond motifs is 1. The number of carboxylic acid groups (broad SMARTS) is 1. The molecule has 3 heteroatoms. The van der Waals surface area contributed by atoms with Crippen molar-refractivity contribution >= 4 is 16.7 Å². The molecule has 0 aliphatic heterocycles. The summed E-state index contributed by atoms with van der Waals surface area (Å²) in [4.78, 5) is 14.7. The largest absolute Gasteiger partial charge is 0.481 e. The quantitative estimate of drug-likeness (QED) is 0.810.